The van der Waals surface area contributed by atoms with E-state index in [4.69, 9.17) is 9.39 Å². The van der Waals surface area contributed by atoms with Gasteiger partial charge >= 0.3 is 7.12 Å². The van der Waals surface area contributed by atoms with Crippen LogP contribution in [0, 0.1) is 11.7 Å². The highest BCUT2D eigenvalue weighted by Gasteiger charge is 2.40. The van der Waals surface area contributed by atoms with Gasteiger partial charge in [-0.25, -0.2) is 4.39 Å². The molecule has 1 aliphatic carbocycles. The molecule has 0 aromatic heterocycles. The lowest BCUT2D eigenvalue weighted by atomic mass is 9.76. The Morgan fingerprint density at radius 2 is 1.91 bits per heavy atom. The zero-order valence-electron chi connectivity index (χ0n) is 13.6. The zero-order valence-corrected chi connectivity index (χ0v) is 13.6. The maximum absolute atomic E-state index is 13.5. The molecule has 2 N–H and O–H groups in total. The van der Waals surface area contributed by atoms with E-state index >= 15 is 0 Å². The van der Waals surface area contributed by atoms with E-state index in [-0.39, 0.29) is 5.46 Å². The summed E-state index contributed by atoms with van der Waals surface area (Å²) in [5.41, 5.74) is -1.96. The Labute approximate surface area is 131 Å². The predicted octanol–water partition coefficient (Wildman–Crippen LogP) is 1.87. The Balaban J connectivity index is 2.16. The van der Waals surface area contributed by atoms with Crippen LogP contribution in [0.2, 0.25) is 0 Å². The molecule has 0 bridgehead atoms. The second kappa shape index (κ2) is 6.18. The molecule has 0 atom stereocenters. The van der Waals surface area contributed by atoms with Gasteiger partial charge in [0.05, 0.1) is 17.8 Å². The van der Waals surface area contributed by atoms with Gasteiger partial charge in [-0.15, -0.1) is 0 Å². The fraction of sp³-hybridized carbons (Fsp3) is 0.625. The van der Waals surface area contributed by atoms with Crippen molar-refractivity contribution < 1.29 is 23.9 Å². The third-order valence-electron chi connectivity index (χ3n) is 4.29. The van der Waals surface area contributed by atoms with Crippen LogP contribution in [-0.2, 0) is 4.65 Å². The Morgan fingerprint density at radius 1 is 1.27 bits per heavy atom. The highest BCUT2D eigenvalue weighted by Crippen LogP contribution is 2.30. The number of hydrogen-bond acceptors (Lipinski definition) is 4. The van der Waals surface area contributed by atoms with Crippen molar-refractivity contribution in [3.63, 3.8) is 0 Å². The van der Waals surface area contributed by atoms with Gasteiger partial charge in [-0.1, -0.05) is 0 Å². The summed E-state index contributed by atoms with van der Waals surface area (Å²) in [5, 5.41) is 20.4. The lowest BCUT2D eigenvalue weighted by Gasteiger charge is -2.38. The minimum atomic E-state index is -1.38. The van der Waals surface area contributed by atoms with Crippen molar-refractivity contribution in [2.45, 2.75) is 51.7 Å². The van der Waals surface area contributed by atoms with Gasteiger partial charge in [0.1, 0.15) is 11.6 Å². The van der Waals surface area contributed by atoms with Gasteiger partial charge in [-0.2, -0.15) is 0 Å². The van der Waals surface area contributed by atoms with E-state index in [1.807, 2.05) is 0 Å². The molecule has 1 aromatic carbocycles. The van der Waals surface area contributed by atoms with E-state index in [1.54, 1.807) is 27.7 Å². The van der Waals surface area contributed by atoms with Crippen LogP contribution in [0.4, 0.5) is 4.39 Å². The number of hydrogen-bond donors (Lipinski definition) is 2. The van der Waals surface area contributed by atoms with Crippen molar-refractivity contribution >= 4 is 12.6 Å². The van der Waals surface area contributed by atoms with Gasteiger partial charge in [0.15, 0.2) is 0 Å². The van der Waals surface area contributed by atoms with Crippen molar-refractivity contribution in [1.82, 2.24) is 0 Å². The van der Waals surface area contributed by atoms with Crippen LogP contribution < -0.4 is 10.2 Å². The molecule has 1 aliphatic rings. The van der Waals surface area contributed by atoms with Crippen LogP contribution >= 0.6 is 0 Å². The minimum absolute atomic E-state index is 0.234. The highest BCUT2D eigenvalue weighted by molar-refractivity contribution is 6.61. The Hall–Kier alpha value is -1.11. The monoisotopic (exact) mass is 310 g/mol. The van der Waals surface area contributed by atoms with E-state index in [1.165, 1.54) is 18.2 Å². The van der Waals surface area contributed by atoms with Crippen LogP contribution in [0.3, 0.4) is 0 Å². The third-order valence-corrected chi connectivity index (χ3v) is 4.29. The summed E-state index contributed by atoms with van der Waals surface area (Å²) in [6, 6.07) is 3.99. The molecular weight excluding hydrogens is 286 g/mol. The maximum atomic E-state index is 13.5. The van der Waals surface area contributed by atoms with Crippen molar-refractivity contribution in [2.75, 3.05) is 6.61 Å². The molecule has 4 nitrogen and oxygen atoms in total. The van der Waals surface area contributed by atoms with Crippen LogP contribution in [0.15, 0.2) is 18.2 Å². The average molecular weight is 310 g/mol. The van der Waals surface area contributed by atoms with E-state index < -0.39 is 24.1 Å². The molecule has 0 spiro atoms. The van der Waals surface area contributed by atoms with Gasteiger partial charge < -0.3 is 19.5 Å². The molecular formula is C16H24BFO4. The quantitative estimate of drug-likeness (QED) is 0.755. The van der Waals surface area contributed by atoms with Gasteiger partial charge in [0.2, 0.25) is 0 Å². The first-order chi connectivity index (χ1) is 10.1. The summed E-state index contributed by atoms with van der Waals surface area (Å²) < 4.78 is 24.7. The number of rotatable bonds is 7. The van der Waals surface area contributed by atoms with Gasteiger partial charge in [0, 0.05) is 5.46 Å². The number of ether oxygens (including phenoxy) is 1. The standard InChI is InChI=1S/C16H24BFO4/c1-15(2,19)16(3,4)22-17(20)13-9-12(18)7-8-14(13)21-10-11-5-6-11/h7-9,11,19-20H,5-6,10H2,1-4H3. The maximum Gasteiger partial charge on any atom is 0.495 e. The summed E-state index contributed by atoms with van der Waals surface area (Å²) >= 11 is 0. The molecule has 122 valence electrons. The van der Waals surface area contributed by atoms with Crippen molar-refractivity contribution in [3.8, 4) is 5.75 Å². The number of aliphatic hydroxyl groups is 1. The molecule has 0 unspecified atom stereocenters. The smallest absolute Gasteiger partial charge is 0.494 e. The highest BCUT2D eigenvalue weighted by atomic mass is 19.1. The summed E-state index contributed by atoms with van der Waals surface area (Å²) in [5.74, 6) is 0.480. The first kappa shape index (κ1) is 17.3. The molecule has 0 aliphatic heterocycles. The third kappa shape index (κ3) is 4.21. The van der Waals surface area contributed by atoms with E-state index in [9.17, 15) is 14.5 Å². The lowest BCUT2D eigenvalue weighted by molar-refractivity contribution is -0.0983. The van der Waals surface area contributed by atoms with E-state index in [2.05, 4.69) is 0 Å². The predicted molar refractivity (Wildman–Crippen MR) is 83.7 cm³/mol. The minimum Gasteiger partial charge on any atom is -0.494 e. The molecule has 0 amide bonds. The van der Waals surface area contributed by atoms with Crippen LogP contribution in [0.5, 0.6) is 5.75 Å². The van der Waals surface area contributed by atoms with Crippen molar-refractivity contribution in [1.29, 1.82) is 0 Å². The molecule has 1 saturated carbocycles. The summed E-state index contributed by atoms with van der Waals surface area (Å²) in [6.45, 7) is 7.08. The van der Waals surface area contributed by atoms with E-state index in [0.717, 1.165) is 12.8 Å². The fourth-order valence-electron chi connectivity index (χ4n) is 1.82. The Kier molecular flexibility index (Phi) is 4.85. The van der Waals surface area contributed by atoms with Crippen molar-refractivity contribution in [2.24, 2.45) is 5.92 Å². The van der Waals surface area contributed by atoms with Crippen LogP contribution in [0.1, 0.15) is 40.5 Å². The molecule has 0 saturated heterocycles. The SMILES string of the molecule is CC(C)(O)C(C)(C)OB(O)c1cc(F)ccc1OCC1CC1. The zero-order chi connectivity index (χ0) is 16.5. The number of halogens is 1. The van der Waals surface area contributed by atoms with Crippen LogP contribution in [0.25, 0.3) is 0 Å². The Morgan fingerprint density at radius 3 is 2.45 bits per heavy atom. The second-order valence-corrected chi connectivity index (χ2v) is 6.98. The molecule has 6 heteroatoms. The normalized spacial score (nSPS) is 15.8. The van der Waals surface area contributed by atoms with Gasteiger partial charge in [-0.05, 0) is 64.7 Å². The largest absolute Gasteiger partial charge is 0.495 e. The Bertz CT molecular complexity index is 523. The molecule has 0 heterocycles. The fourth-order valence-corrected chi connectivity index (χ4v) is 1.82. The van der Waals surface area contributed by atoms with Gasteiger partial charge in [-0.3, -0.25) is 0 Å². The first-order valence-electron chi connectivity index (χ1n) is 7.60. The molecule has 2 rings (SSSR count). The van der Waals surface area contributed by atoms with Gasteiger partial charge in [0.25, 0.3) is 0 Å². The lowest BCUT2D eigenvalue weighted by Crippen LogP contribution is -2.53. The second-order valence-electron chi connectivity index (χ2n) is 6.98. The van der Waals surface area contributed by atoms with Crippen molar-refractivity contribution in [3.05, 3.63) is 24.0 Å². The average Bonchev–Trinajstić information content (AvgIpc) is 3.19. The molecule has 1 aromatic rings. The summed E-state index contributed by atoms with van der Waals surface area (Å²) in [6.07, 6.45) is 2.28. The van der Waals surface area contributed by atoms with Crippen LogP contribution in [-0.4, -0.2) is 35.1 Å². The first-order valence-corrected chi connectivity index (χ1v) is 7.60. The molecule has 1 fully saturated rings. The molecule has 22 heavy (non-hydrogen) atoms. The molecule has 0 radical (unpaired) electrons. The summed E-state index contributed by atoms with van der Waals surface area (Å²) in [4.78, 5) is 0. The topological polar surface area (TPSA) is 58.9 Å². The number of benzene rings is 1. The van der Waals surface area contributed by atoms with E-state index in [0.29, 0.717) is 18.3 Å². The summed E-state index contributed by atoms with van der Waals surface area (Å²) in [7, 11) is -1.38.